The van der Waals surface area contributed by atoms with Crippen LogP contribution in [0.15, 0.2) is 34.8 Å². The second-order valence-corrected chi connectivity index (χ2v) is 5.57. The number of halogens is 1. The molecule has 1 aromatic rings. The van der Waals surface area contributed by atoms with Crippen molar-refractivity contribution >= 4 is 15.9 Å². The van der Waals surface area contributed by atoms with Crippen molar-refractivity contribution in [1.29, 1.82) is 0 Å². The van der Waals surface area contributed by atoms with E-state index >= 15 is 0 Å². The third-order valence-corrected chi connectivity index (χ3v) is 2.95. The molecule has 0 aliphatic carbocycles. The van der Waals surface area contributed by atoms with E-state index in [1.807, 2.05) is 31.2 Å². The van der Waals surface area contributed by atoms with Gasteiger partial charge in [-0.05, 0) is 37.6 Å². The zero-order valence-electron chi connectivity index (χ0n) is 11.4. The summed E-state index contributed by atoms with van der Waals surface area (Å²) in [6, 6.07) is 6.13. The maximum absolute atomic E-state index is 5.74. The van der Waals surface area contributed by atoms with E-state index in [0.29, 0.717) is 12.5 Å². The summed E-state index contributed by atoms with van der Waals surface area (Å²) in [6.07, 6.45) is 4.00. The van der Waals surface area contributed by atoms with Crippen LogP contribution in [0.25, 0.3) is 0 Å². The highest BCUT2D eigenvalue weighted by Gasteiger charge is 2.04. The predicted octanol–water partition coefficient (Wildman–Crippen LogP) is 4.15. The molecule has 0 unspecified atom stereocenters. The second kappa shape index (κ2) is 8.33. The normalized spacial score (nSPS) is 11.4. The minimum Gasteiger partial charge on any atom is -0.489 e. The fourth-order valence-corrected chi connectivity index (χ4v) is 1.97. The van der Waals surface area contributed by atoms with Crippen LogP contribution in [0.1, 0.15) is 26.3 Å². The summed E-state index contributed by atoms with van der Waals surface area (Å²) in [5, 5.41) is 3.44. The molecule has 1 aromatic carbocycles. The largest absolute Gasteiger partial charge is 0.489 e. The van der Waals surface area contributed by atoms with Crippen molar-refractivity contribution in [1.82, 2.24) is 5.32 Å². The lowest BCUT2D eigenvalue weighted by atomic mass is 10.2. The molecule has 1 rings (SSSR count). The molecule has 100 valence electrons. The number of rotatable bonds is 7. The van der Waals surface area contributed by atoms with Crippen molar-refractivity contribution in [2.45, 2.75) is 27.3 Å². The summed E-state index contributed by atoms with van der Waals surface area (Å²) in [7, 11) is 0. The van der Waals surface area contributed by atoms with Crippen LogP contribution in [-0.2, 0) is 6.54 Å². The Labute approximate surface area is 119 Å². The first kappa shape index (κ1) is 15.3. The Bertz CT molecular complexity index is 388. The molecular weight excluding hydrogens is 290 g/mol. The number of allylic oxidation sites excluding steroid dienone is 1. The molecular formula is C15H22BrNO. The van der Waals surface area contributed by atoms with E-state index in [0.717, 1.165) is 23.3 Å². The Kier molecular flexibility index (Phi) is 7.06. The molecule has 0 amide bonds. The molecule has 3 heteroatoms. The maximum Gasteiger partial charge on any atom is 0.124 e. The predicted molar refractivity (Wildman–Crippen MR) is 81.0 cm³/mol. The highest BCUT2D eigenvalue weighted by molar-refractivity contribution is 9.10. The summed E-state index contributed by atoms with van der Waals surface area (Å²) in [6.45, 7) is 8.88. The van der Waals surface area contributed by atoms with Gasteiger partial charge in [-0.1, -0.05) is 41.9 Å². The first-order valence-corrected chi connectivity index (χ1v) is 7.16. The van der Waals surface area contributed by atoms with Gasteiger partial charge in [0.25, 0.3) is 0 Å². The van der Waals surface area contributed by atoms with Crippen molar-refractivity contribution in [2.24, 2.45) is 5.92 Å². The lowest BCUT2D eigenvalue weighted by Gasteiger charge is -2.12. The van der Waals surface area contributed by atoms with Gasteiger partial charge in [-0.15, -0.1) is 0 Å². The van der Waals surface area contributed by atoms with Gasteiger partial charge in [-0.25, -0.2) is 0 Å². The highest BCUT2D eigenvalue weighted by atomic mass is 79.9. The van der Waals surface area contributed by atoms with E-state index in [9.17, 15) is 0 Å². The molecule has 0 saturated heterocycles. The van der Waals surface area contributed by atoms with Crippen molar-refractivity contribution in [3.8, 4) is 5.75 Å². The summed E-state index contributed by atoms with van der Waals surface area (Å²) >= 11 is 3.50. The average Bonchev–Trinajstić information content (AvgIpc) is 2.31. The molecule has 0 atom stereocenters. The van der Waals surface area contributed by atoms with E-state index in [2.05, 4.69) is 41.2 Å². The topological polar surface area (TPSA) is 21.3 Å². The van der Waals surface area contributed by atoms with Gasteiger partial charge in [0.15, 0.2) is 0 Å². The van der Waals surface area contributed by atoms with Crippen molar-refractivity contribution in [3.63, 3.8) is 0 Å². The van der Waals surface area contributed by atoms with E-state index in [1.165, 1.54) is 5.56 Å². The van der Waals surface area contributed by atoms with Gasteiger partial charge in [0.05, 0.1) is 0 Å². The quantitative estimate of drug-likeness (QED) is 0.764. The number of benzene rings is 1. The van der Waals surface area contributed by atoms with Crippen LogP contribution in [0.3, 0.4) is 0 Å². The van der Waals surface area contributed by atoms with Crippen LogP contribution in [0.2, 0.25) is 0 Å². The first-order valence-electron chi connectivity index (χ1n) is 6.36. The third kappa shape index (κ3) is 5.69. The summed E-state index contributed by atoms with van der Waals surface area (Å²) in [5.41, 5.74) is 1.19. The van der Waals surface area contributed by atoms with Gasteiger partial charge in [-0.3, -0.25) is 0 Å². The number of ether oxygens (including phenoxy) is 1. The Balaban J connectivity index is 2.64. The zero-order valence-corrected chi connectivity index (χ0v) is 13.0. The monoisotopic (exact) mass is 311 g/mol. The Morgan fingerprint density at radius 3 is 2.83 bits per heavy atom. The van der Waals surface area contributed by atoms with Crippen LogP contribution in [0.4, 0.5) is 0 Å². The smallest absolute Gasteiger partial charge is 0.124 e. The molecule has 0 aromatic heterocycles. The van der Waals surface area contributed by atoms with Crippen LogP contribution in [-0.4, -0.2) is 13.2 Å². The van der Waals surface area contributed by atoms with E-state index in [1.54, 1.807) is 0 Å². The van der Waals surface area contributed by atoms with E-state index in [-0.39, 0.29) is 0 Å². The molecule has 0 saturated carbocycles. The fraction of sp³-hybridized carbons (Fsp3) is 0.467. The molecule has 0 aliphatic heterocycles. The molecule has 1 N–H and O–H groups in total. The molecule has 18 heavy (non-hydrogen) atoms. The van der Waals surface area contributed by atoms with Gasteiger partial charge >= 0.3 is 0 Å². The summed E-state index contributed by atoms with van der Waals surface area (Å²) < 4.78 is 6.83. The lowest BCUT2D eigenvalue weighted by molar-refractivity contribution is 0.357. The molecule has 0 aliphatic rings. The Morgan fingerprint density at radius 2 is 2.17 bits per heavy atom. The Morgan fingerprint density at radius 1 is 1.39 bits per heavy atom. The van der Waals surface area contributed by atoms with Crippen LogP contribution in [0.5, 0.6) is 5.75 Å². The number of nitrogens with one attached hydrogen (secondary N) is 1. The van der Waals surface area contributed by atoms with Gasteiger partial charge in [-0.2, -0.15) is 0 Å². The zero-order chi connectivity index (χ0) is 13.4. The van der Waals surface area contributed by atoms with Gasteiger partial charge in [0.2, 0.25) is 0 Å². The van der Waals surface area contributed by atoms with Crippen molar-refractivity contribution < 1.29 is 4.74 Å². The highest BCUT2D eigenvalue weighted by Crippen LogP contribution is 2.23. The minimum absolute atomic E-state index is 0.620. The van der Waals surface area contributed by atoms with Crippen molar-refractivity contribution in [3.05, 3.63) is 40.4 Å². The Hall–Kier alpha value is -0.800. The maximum atomic E-state index is 5.74. The van der Waals surface area contributed by atoms with Gasteiger partial charge in [0, 0.05) is 16.6 Å². The van der Waals surface area contributed by atoms with E-state index in [4.69, 9.17) is 4.74 Å². The molecule has 2 nitrogen and oxygen atoms in total. The summed E-state index contributed by atoms with van der Waals surface area (Å²) in [4.78, 5) is 0. The number of hydrogen-bond donors (Lipinski definition) is 1. The minimum atomic E-state index is 0.620. The first-order chi connectivity index (χ1) is 8.63. The van der Waals surface area contributed by atoms with Crippen LogP contribution in [0, 0.1) is 5.92 Å². The van der Waals surface area contributed by atoms with Crippen LogP contribution < -0.4 is 10.1 Å². The lowest BCUT2D eigenvalue weighted by Crippen LogP contribution is -2.19. The molecule has 0 fully saturated rings. The molecule has 0 spiro atoms. The molecule has 0 heterocycles. The fourth-order valence-electron chi connectivity index (χ4n) is 1.56. The van der Waals surface area contributed by atoms with Gasteiger partial charge < -0.3 is 10.1 Å². The van der Waals surface area contributed by atoms with Crippen LogP contribution >= 0.6 is 15.9 Å². The summed E-state index contributed by atoms with van der Waals surface area (Å²) in [5.74, 6) is 1.61. The standard InChI is InChI=1S/C15H22BrNO/c1-4-5-8-18-15-7-6-14(16)9-13(15)11-17-10-12(2)3/h4-7,9,12,17H,8,10-11H2,1-3H3/b5-4+. The van der Waals surface area contributed by atoms with E-state index < -0.39 is 0 Å². The molecule has 0 bridgehead atoms. The third-order valence-electron chi connectivity index (χ3n) is 2.46. The molecule has 0 radical (unpaired) electrons. The average molecular weight is 312 g/mol. The SMILES string of the molecule is C/C=C/COc1ccc(Br)cc1CNCC(C)C. The number of hydrogen-bond acceptors (Lipinski definition) is 2. The van der Waals surface area contributed by atoms with Gasteiger partial charge in [0.1, 0.15) is 12.4 Å². The van der Waals surface area contributed by atoms with Crippen molar-refractivity contribution in [2.75, 3.05) is 13.2 Å². The second-order valence-electron chi connectivity index (χ2n) is 4.66.